The van der Waals surface area contributed by atoms with Crippen LogP contribution in [0, 0.1) is 12.7 Å². The van der Waals surface area contributed by atoms with Gasteiger partial charge in [-0.3, -0.25) is 0 Å². The van der Waals surface area contributed by atoms with Gasteiger partial charge in [-0.25, -0.2) is 9.37 Å². The summed E-state index contributed by atoms with van der Waals surface area (Å²) in [7, 11) is 0. The normalized spacial score (nSPS) is 10.2. The summed E-state index contributed by atoms with van der Waals surface area (Å²) in [6.45, 7) is 4.53. The number of aromatic nitrogens is 2. The Morgan fingerprint density at radius 3 is 2.94 bits per heavy atom. The lowest BCUT2D eigenvalue weighted by molar-refractivity contribution is 0.454. The highest BCUT2D eigenvalue weighted by molar-refractivity contribution is 5.36. The van der Waals surface area contributed by atoms with Gasteiger partial charge in [0, 0.05) is 24.9 Å². The van der Waals surface area contributed by atoms with E-state index < -0.39 is 0 Å². The Labute approximate surface area is 105 Å². The predicted octanol–water partition coefficient (Wildman–Crippen LogP) is 3.15. The Bertz CT molecular complexity index is 546. The number of rotatable bonds is 4. The number of hydrogen-bond donors (Lipinski definition) is 1. The summed E-state index contributed by atoms with van der Waals surface area (Å²) in [5.41, 5.74) is 0.847. The molecule has 94 valence electrons. The maximum Gasteiger partial charge on any atom is 0.225 e. The monoisotopic (exact) mass is 247 g/mol. The van der Waals surface area contributed by atoms with Gasteiger partial charge in [0.1, 0.15) is 11.6 Å². The van der Waals surface area contributed by atoms with Crippen molar-refractivity contribution in [2.24, 2.45) is 0 Å². The van der Waals surface area contributed by atoms with E-state index in [1.165, 1.54) is 12.1 Å². The van der Waals surface area contributed by atoms with Crippen LogP contribution in [0.3, 0.4) is 0 Å². The molecule has 0 saturated heterocycles. The molecule has 0 aliphatic carbocycles. The van der Waals surface area contributed by atoms with E-state index in [-0.39, 0.29) is 5.82 Å². The summed E-state index contributed by atoms with van der Waals surface area (Å²) in [5, 5.41) is 2.98. The molecule has 0 amide bonds. The van der Waals surface area contributed by atoms with Gasteiger partial charge in [0.15, 0.2) is 0 Å². The van der Waals surface area contributed by atoms with Crippen LogP contribution in [0.15, 0.2) is 30.5 Å². The van der Waals surface area contributed by atoms with Crippen LogP contribution in [0.25, 0.3) is 0 Å². The summed E-state index contributed by atoms with van der Waals surface area (Å²) in [4.78, 5) is 8.20. The molecule has 0 aliphatic heterocycles. The molecular formula is C13H14FN3O. The fraction of sp³-hybridized carbons (Fsp3) is 0.231. The topological polar surface area (TPSA) is 47.0 Å². The van der Waals surface area contributed by atoms with Crippen LogP contribution in [-0.2, 0) is 0 Å². The molecule has 0 spiro atoms. The van der Waals surface area contributed by atoms with Gasteiger partial charge in [0.25, 0.3) is 0 Å². The minimum absolute atomic E-state index is 0.337. The SMILES string of the molecule is CCNc1nccc(Oc2cc(F)ccc2C)n1. The fourth-order valence-corrected chi connectivity index (χ4v) is 1.44. The summed E-state index contributed by atoms with van der Waals surface area (Å²) >= 11 is 0. The zero-order valence-corrected chi connectivity index (χ0v) is 10.3. The summed E-state index contributed by atoms with van der Waals surface area (Å²) < 4.78 is 18.7. The van der Waals surface area contributed by atoms with E-state index in [0.717, 1.165) is 12.1 Å². The number of nitrogens with one attached hydrogen (secondary N) is 1. The molecule has 18 heavy (non-hydrogen) atoms. The molecule has 0 fully saturated rings. The zero-order chi connectivity index (χ0) is 13.0. The summed E-state index contributed by atoms with van der Waals surface area (Å²) in [5.74, 6) is 0.992. The number of halogens is 1. The Balaban J connectivity index is 2.22. The molecule has 2 rings (SSSR count). The minimum Gasteiger partial charge on any atom is -0.438 e. The van der Waals surface area contributed by atoms with Crippen LogP contribution < -0.4 is 10.1 Å². The third-order valence-corrected chi connectivity index (χ3v) is 2.33. The number of hydrogen-bond acceptors (Lipinski definition) is 4. The maximum absolute atomic E-state index is 13.1. The van der Waals surface area contributed by atoms with Gasteiger partial charge < -0.3 is 10.1 Å². The molecular weight excluding hydrogens is 233 g/mol. The van der Waals surface area contributed by atoms with Gasteiger partial charge in [-0.1, -0.05) is 6.07 Å². The predicted molar refractivity (Wildman–Crippen MR) is 67.4 cm³/mol. The van der Waals surface area contributed by atoms with Crippen molar-refractivity contribution in [2.45, 2.75) is 13.8 Å². The minimum atomic E-state index is -0.337. The molecule has 0 atom stereocenters. The number of nitrogens with zero attached hydrogens (tertiary/aromatic N) is 2. The Kier molecular flexibility index (Phi) is 3.72. The van der Waals surface area contributed by atoms with E-state index in [0.29, 0.717) is 17.6 Å². The van der Waals surface area contributed by atoms with Crippen LogP contribution >= 0.6 is 0 Å². The molecule has 4 nitrogen and oxygen atoms in total. The third kappa shape index (κ3) is 2.94. The first-order chi connectivity index (χ1) is 8.69. The smallest absolute Gasteiger partial charge is 0.225 e. The van der Waals surface area contributed by atoms with Crippen LogP contribution in [0.1, 0.15) is 12.5 Å². The number of benzene rings is 1. The van der Waals surface area contributed by atoms with Crippen LogP contribution in [0.4, 0.5) is 10.3 Å². The van der Waals surface area contributed by atoms with Crippen molar-refractivity contribution in [3.63, 3.8) is 0 Å². The van der Waals surface area contributed by atoms with E-state index in [2.05, 4.69) is 15.3 Å². The third-order valence-electron chi connectivity index (χ3n) is 2.33. The molecule has 0 radical (unpaired) electrons. The van der Waals surface area contributed by atoms with Crippen molar-refractivity contribution in [3.05, 3.63) is 41.8 Å². The van der Waals surface area contributed by atoms with Crippen molar-refractivity contribution in [3.8, 4) is 11.6 Å². The van der Waals surface area contributed by atoms with Crippen LogP contribution in [-0.4, -0.2) is 16.5 Å². The molecule has 1 N–H and O–H groups in total. The van der Waals surface area contributed by atoms with E-state index in [4.69, 9.17) is 4.74 Å². The molecule has 1 heterocycles. The van der Waals surface area contributed by atoms with Gasteiger partial charge in [-0.15, -0.1) is 0 Å². The highest BCUT2D eigenvalue weighted by atomic mass is 19.1. The van der Waals surface area contributed by atoms with Gasteiger partial charge in [0.05, 0.1) is 0 Å². The van der Waals surface area contributed by atoms with Crippen molar-refractivity contribution >= 4 is 5.95 Å². The van der Waals surface area contributed by atoms with Gasteiger partial charge in [0.2, 0.25) is 11.8 Å². The highest BCUT2D eigenvalue weighted by Crippen LogP contribution is 2.24. The Morgan fingerprint density at radius 2 is 2.17 bits per heavy atom. The summed E-state index contributed by atoms with van der Waals surface area (Å²) in [6, 6.07) is 6.03. The molecule has 2 aromatic rings. The second-order valence-corrected chi connectivity index (χ2v) is 3.76. The van der Waals surface area contributed by atoms with Crippen LogP contribution in [0.5, 0.6) is 11.6 Å². The molecule has 1 aromatic carbocycles. The van der Waals surface area contributed by atoms with Gasteiger partial charge in [-0.05, 0) is 25.5 Å². The quantitative estimate of drug-likeness (QED) is 0.901. The van der Waals surface area contributed by atoms with Crippen molar-refractivity contribution < 1.29 is 9.13 Å². The first-order valence-corrected chi connectivity index (χ1v) is 5.70. The molecule has 0 saturated carbocycles. The lowest BCUT2D eigenvalue weighted by Crippen LogP contribution is -2.02. The Hall–Kier alpha value is -2.17. The Morgan fingerprint density at radius 1 is 1.33 bits per heavy atom. The van der Waals surface area contributed by atoms with Crippen LogP contribution in [0.2, 0.25) is 0 Å². The largest absolute Gasteiger partial charge is 0.438 e. The molecule has 0 bridgehead atoms. The standard InChI is InChI=1S/C13H14FN3O/c1-3-15-13-16-7-6-12(17-13)18-11-8-10(14)5-4-9(11)2/h4-8H,3H2,1-2H3,(H,15,16,17). The average molecular weight is 247 g/mol. The second kappa shape index (κ2) is 5.44. The van der Waals surface area contributed by atoms with Crippen molar-refractivity contribution in [2.75, 3.05) is 11.9 Å². The molecule has 1 aromatic heterocycles. The van der Waals surface area contributed by atoms with Gasteiger partial charge in [-0.2, -0.15) is 4.98 Å². The number of aryl methyl sites for hydroxylation is 1. The number of anilines is 1. The highest BCUT2D eigenvalue weighted by Gasteiger charge is 2.05. The van der Waals surface area contributed by atoms with E-state index in [9.17, 15) is 4.39 Å². The second-order valence-electron chi connectivity index (χ2n) is 3.76. The molecule has 0 aliphatic rings. The van der Waals surface area contributed by atoms with E-state index in [1.54, 1.807) is 18.3 Å². The molecule has 0 unspecified atom stereocenters. The number of ether oxygens (including phenoxy) is 1. The lowest BCUT2D eigenvalue weighted by atomic mass is 10.2. The molecule has 5 heteroatoms. The lowest BCUT2D eigenvalue weighted by Gasteiger charge is -2.08. The zero-order valence-electron chi connectivity index (χ0n) is 10.3. The van der Waals surface area contributed by atoms with E-state index >= 15 is 0 Å². The first-order valence-electron chi connectivity index (χ1n) is 5.70. The fourth-order valence-electron chi connectivity index (χ4n) is 1.44. The van der Waals surface area contributed by atoms with E-state index in [1.807, 2.05) is 13.8 Å². The average Bonchev–Trinajstić information content (AvgIpc) is 2.35. The maximum atomic E-state index is 13.1. The van der Waals surface area contributed by atoms with Gasteiger partial charge >= 0.3 is 0 Å². The van der Waals surface area contributed by atoms with Crippen molar-refractivity contribution in [1.29, 1.82) is 0 Å². The first kappa shape index (κ1) is 12.3. The van der Waals surface area contributed by atoms with Crippen molar-refractivity contribution in [1.82, 2.24) is 9.97 Å². The summed E-state index contributed by atoms with van der Waals surface area (Å²) in [6.07, 6.45) is 1.59.